The number of nitrogens with zero attached hydrogens (tertiary/aromatic N) is 2. The SMILES string of the molecule is CCC1=CC=C(Oc2ncccc2-c2cnccc2OC)CC1. The minimum Gasteiger partial charge on any atom is -0.496 e. The number of aromatic nitrogens is 2. The molecule has 0 fully saturated rings. The standard InChI is InChI=1S/C19H20N2O2/c1-3-14-6-8-15(9-7-14)23-19-16(5-4-11-21-19)17-13-20-12-10-18(17)22-2/h4-6,8,10-13H,3,7,9H2,1-2H3. The topological polar surface area (TPSA) is 44.2 Å². The molecule has 0 atom stereocenters. The summed E-state index contributed by atoms with van der Waals surface area (Å²) in [4.78, 5) is 8.59. The lowest BCUT2D eigenvalue weighted by Crippen LogP contribution is -2.03. The first-order valence-corrected chi connectivity index (χ1v) is 7.81. The number of ether oxygens (including phenoxy) is 2. The van der Waals surface area contributed by atoms with Crippen LogP contribution in [0.3, 0.4) is 0 Å². The Morgan fingerprint density at radius 3 is 2.74 bits per heavy atom. The first kappa shape index (κ1) is 15.3. The van der Waals surface area contributed by atoms with E-state index in [0.29, 0.717) is 5.88 Å². The summed E-state index contributed by atoms with van der Waals surface area (Å²) in [5.74, 6) is 2.27. The zero-order chi connectivity index (χ0) is 16.1. The van der Waals surface area contributed by atoms with E-state index in [4.69, 9.17) is 9.47 Å². The highest BCUT2D eigenvalue weighted by atomic mass is 16.5. The lowest BCUT2D eigenvalue weighted by molar-refractivity contribution is 0.386. The largest absolute Gasteiger partial charge is 0.496 e. The van der Waals surface area contributed by atoms with Crippen LogP contribution in [0, 0.1) is 0 Å². The Kier molecular flexibility index (Phi) is 4.71. The highest BCUT2D eigenvalue weighted by molar-refractivity contribution is 5.73. The Hall–Kier alpha value is -2.62. The fraction of sp³-hybridized carbons (Fsp3) is 0.263. The molecule has 0 saturated carbocycles. The zero-order valence-corrected chi connectivity index (χ0v) is 13.5. The number of methoxy groups -OCH3 is 1. The second kappa shape index (κ2) is 7.09. The van der Waals surface area contributed by atoms with Crippen molar-refractivity contribution in [3.05, 3.63) is 60.3 Å². The summed E-state index contributed by atoms with van der Waals surface area (Å²) >= 11 is 0. The lowest BCUT2D eigenvalue weighted by atomic mass is 10.0. The van der Waals surface area contributed by atoms with Gasteiger partial charge in [0.05, 0.1) is 7.11 Å². The Morgan fingerprint density at radius 2 is 2.00 bits per heavy atom. The molecule has 23 heavy (non-hydrogen) atoms. The first-order valence-electron chi connectivity index (χ1n) is 7.81. The summed E-state index contributed by atoms with van der Waals surface area (Å²) in [6.07, 6.45) is 12.4. The van der Waals surface area contributed by atoms with E-state index in [1.165, 1.54) is 5.57 Å². The van der Waals surface area contributed by atoms with E-state index in [2.05, 4.69) is 23.0 Å². The summed E-state index contributed by atoms with van der Waals surface area (Å²) < 4.78 is 11.5. The van der Waals surface area contributed by atoms with Crippen LogP contribution in [0.5, 0.6) is 11.6 Å². The molecule has 1 aliphatic rings. The average Bonchev–Trinajstić information content (AvgIpc) is 2.63. The van der Waals surface area contributed by atoms with Crippen LogP contribution in [0.4, 0.5) is 0 Å². The molecule has 0 unspecified atom stereocenters. The fourth-order valence-corrected chi connectivity index (χ4v) is 2.60. The third kappa shape index (κ3) is 3.42. The second-order valence-electron chi connectivity index (χ2n) is 5.35. The third-order valence-corrected chi connectivity index (χ3v) is 3.94. The van der Waals surface area contributed by atoms with Crippen molar-refractivity contribution in [2.45, 2.75) is 26.2 Å². The number of pyridine rings is 2. The van der Waals surface area contributed by atoms with E-state index in [0.717, 1.165) is 41.9 Å². The normalized spacial score (nSPS) is 14.0. The molecule has 2 aromatic heterocycles. The van der Waals surface area contributed by atoms with E-state index in [1.807, 2.05) is 24.3 Å². The minimum atomic E-state index is 0.582. The molecule has 0 amide bonds. The van der Waals surface area contributed by atoms with Crippen LogP contribution in [0.25, 0.3) is 11.1 Å². The molecule has 3 rings (SSSR count). The quantitative estimate of drug-likeness (QED) is 0.813. The van der Waals surface area contributed by atoms with Crippen molar-refractivity contribution in [2.75, 3.05) is 7.11 Å². The van der Waals surface area contributed by atoms with Crippen molar-refractivity contribution in [2.24, 2.45) is 0 Å². The smallest absolute Gasteiger partial charge is 0.226 e. The summed E-state index contributed by atoms with van der Waals surface area (Å²) in [7, 11) is 1.65. The van der Waals surface area contributed by atoms with Crippen LogP contribution in [-0.4, -0.2) is 17.1 Å². The van der Waals surface area contributed by atoms with Crippen LogP contribution in [0.1, 0.15) is 26.2 Å². The Morgan fingerprint density at radius 1 is 1.09 bits per heavy atom. The molecule has 1 aliphatic carbocycles. The zero-order valence-electron chi connectivity index (χ0n) is 13.5. The third-order valence-electron chi connectivity index (χ3n) is 3.94. The van der Waals surface area contributed by atoms with Crippen LogP contribution in [-0.2, 0) is 0 Å². The van der Waals surface area contributed by atoms with Gasteiger partial charge in [-0.25, -0.2) is 4.98 Å². The molecule has 2 aromatic rings. The van der Waals surface area contributed by atoms with Gasteiger partial charge in [0.1, 0.15) is 11.5 Å². The van der Waals surface area contributed by atoms with Crippen molar-refractivity contribution in [1.82, 2.24) is 9.97 Å². The van der Waals surface area contributed by atoms with Gasteiger partial charge in [0.2, 0.25) is 5.88 Å². The first-order chi connectivity index (χ1) is 11.3. The molecule has 4 heteroatoms. The van der Waals surface area contributed by atoms with Crippen molar-refractivity contribution >= 4 is 0 Å². The highest BCUT2D eigenvalue weighted by Gasteiger charge is 2.15. The Bertz CT molecular complexity index is 751. The van der Waals surface area contributed by atoms with Gasteiger partial charge in [0.25, 0.3) is 0 Å². The summed E-state index contributed by atoms with van der Waals surface area (Å²) in [6.45, 7) is 2.18. The molecule has 0 bridgehead atoms. The number of allylic oxidation sites excluding steroid dienone is 4. The summed E-state index contributed by atoms with van der Waals surface area (Å²) in [6, 6.07) is 5.69. The molecule has 0 aromatic carbocycles. The van der Waals surface area contributed by atoms with Gasteiger partial charge in [0, 0.05) is 36.1 Å². The predicted molar refractivity (Wildman–Crippen MR) is 90.3 cm³/mol. The second-order valence-corrected chi connectivity index (χ2v) is 5.35. The van der Waals surface area contributed by atoms with Crippen LogP contribution >= 0.6 is 0 Å². The van der Waals surface area contributed by atoms with E-state index < -0.39 is 0 Å². The maximum atomic E-state index is 6.06. The summed E-state index contributed by atoms with van der Waals surface area (Å²) in [5, 5.41) is 0. The number of rotatable bonds is 5. The van der Waals surface area contributed by atoms with E-state index in [1.54, 1.807) is 25.7 Å². The average molecular weight is 308 g/mol. The highest BCUT2D eigenvalue weighted by Crippen LogP contribution is 2.35. The van der Waals surface area contributed by atoms with E-state index >= 15 is 0 Å². The van der Waals surface area contributed by atoms with Crippen LogP contribution < -0.4 is 9.47 Å². The van der Waals surface area contributed by atoms with Crippen molar-refractivity contribution in [3.63, 3.8) is 0 Å². The molecule has 0 N–H and O–H groups in total. The van der Waals surface area contributed by atoms with E-state index in [-0.39, 0.29) is 0 Å². The van der Waals surface area contributed by atoms with Crippen LogP contribution in [0.15, 0.2) is 60.3 Å². The maximum absolute atomic E-state index is 6.06. The van der Waals surface area contributed by atoms with Crippen molar-refractivity contribution in [1.29, 1.82) is 0 Å². The van der Waals surface area contributed by atoms with Gasteiger partial charge >= 0.3 is 0 Å². The number of hydrogen-bond donors (Lipinski definition) is 0. The van der Waals surface area contributed by atoms with Crippen LogP contribution in [0.2, 0.25) is 0 Å². The van der Waals surface area contributed by atoms with Gasteiger partial charge in [-0.2, -0.15) is 0 Å². The van der Waals surface area contributed by atoms with Crippen molar-refractivity contribution < 1.29 is 9.47 Å². The van der Waals surface area contributed by atoms with Crippen molar-refractivity contribution in [3.8, 4) is 22.8 Å². The molecule has 0 saturated heterocycles. The molecule has 0 aliphatic heterocycles. The van der Waals surface area contributed by atoms with Gasteiger partial charge in [-0.05, 0) is 37.1 Å². The van der Waals surface area contributed by atoms with Gasteiger partial charge in [0.15, 0.2) is 0 Å². The van der Waals surface area contributed by atoms with Gasteiger partial charge < -0.3 is 9.47 Å². The molecule has 2 heterocycles. The van der Waals surface area contributed by atoms with Gasteiger partial charge in [-0.15, -0.1) is 0 Å². The molecule has 0 spiro atoms. The fourth-order valence-electron chi connectivity index (χ4n) is 2.60. The monoisotopic (exact) mass is 308 g/mol. The lowest BCUT2D eigenvalue weighted by Gasteiger charge is -2.16. The molecular weight excluding hydrogens is 288 g/mol. The molecular formula is C19H20N2O2. The Labute approximate surface area is 136 Å². The molecule has 0 radical (unpaired) electrons. The maximum Gasteiger partial charge on any atom is 0.226 e. The number of hydrogen-bond acceptors (Lipinski definition) is 4. The minimum absolute atomic E-state index is 0.582. The van der Waals surface area contributed by atoms with Gasteiger partial charge in [-0.1, -0.05) is 18.6 Å². The summed E-state index contributed by atoms with van der Waals surface area (Å²) in [5.41, 5.74) is 3.20. The van der Waals surface area contributed by atoms with E-state index in [9.17, 15) is 0 Å². The molecule has 4 nitrogen and oxygen atoms in total. The van der Waals surface area contributed by atoms with Gasteiger partial charge in [-0.3, -0.25) is 4.98 Å². The molecule has 118 valence electrons. The predicted octanol–water partition coefficient (Wildman–Crippen LogP) is 4.55. The Balaban J connectivity index is 1.93.